The minimum absolute atomic E-state index is 0.0491. The Kier molecular flexibility index (Phi) is 10.5. The van der Waals surface area contributed by atoms with E-state index in [0.717, 1.165) is 34.6 Å². The fourth-order valence-corrected chi connectivity index (χ4v) is 6.47. The van der Waals surface area contributed by atoms with Crippen LogP contribution in [0, 0.1) is 11.3 Å². The van der Waals surface area contributed by atoms with E-state index < -0.39 is 5.97 Å². The first-order valence-corrected chi connectivity index (χ1v) is 16.4. The molecule has 0 saturated heterocycles. The number of Topliss-reactive ketones (excluding diaryl/α,β-unsaturated/α-hetero) is 1. The summed E-state index contributed by atoms with van der Waals surface area (Å²) in [6, 6.07) is 22.4. The van der Waals surface area contributed by atoms with Crippen molar-refractivity contribution in [1.82, 2.24) is 4.57 Å². The fraction of sp³-hybridized carbons (Fsp3) is 0.350. The number of aromatic nitrogens is 1. The third-order valence-corrected chi connectivity index (χ3v) is 9.44. The number of hydrogen-bond acceptors (Lipinski definition) is 6. The van der Waals surface area contributed by atoms with Crippen LogP contribution in [-0.2, 0) is 11.3 Å². The van der Waals surface area contributed by atoms with Crippen LogP contribution in [0.4, 0.5) is 0 Å². The lowest BCUT2D eigenvalue weighted by Gasteiger charge is -2.25. The normalized spacial score (nSPS) is 15.8. The van der Waals surface area contributed by atoms with Crippen molar-refractivity contribution >= 4 is 11.8 Å². The topological polar surface area (TPSA) is 76.0 Å². The van der Waals surface area contributed by atoms with Gasteiger partial charge < -0.3 is 23.5 Å². The Morgan fingerprint density at radius 3 is 1.98 bits per heavy atom. The maximum absolute atomic E-state index is 13.4. The molecule has 7 heteroatoms. The summed E-state index contributed by atoms with van der Waals surface area (Å²) in [6.45, 7) is 7.34. The molecule has 0 bridgehead atoms. The van der Waals surface area contributed by atoms with Gasteiger partial charge in [-0.05, 0) is 78.9 Å². The Balaban J connectivity index is 1.46. The lowest BCUT2D eigenvalue weighted by atomic mass is 9.82. The molecule has 7 nitrogen and oxygen atoms in total. The van der Waals surface area contributed by atoms with Crippen molar-refractivity contribution in [2.24, 2.45) is 11.3 Å². The van der Waals surface area contributed by atoms with Crippen LogP contribution in [0.25, 0.3) is 22.3 Å². The second-order valence-electron chi connectivity index (χ2n) is 12.2. The van der Waals surface area contributed by atoms with E-state index in [1.54, 1.807) is 48.6 Å². The average molecular weight is 636 g/mol. The zero-order valence-electron chi connectivity index (χ0n) is 28.3. The van der Waals surface area contributed by atoms with Crippen LogP contribution in [0.1, 0.15) is 67.3 Å². The Morgan fingerprint density at radius 1 is 0.809 bits per heavy atom. The number of allylic oxidation sites excluding steroid dienone is 2. The van der Waals surface area contributed by atoms with Crippen molar-refractivity contribution in [3.63, 3.8) is 0 Å². The standard InChI is InChI=1S/C40H45NO6/c1-7-9-10-31-23-40(31,8-2)27(3)26-47-34-21-15-30(16-22-34)37-35(28-11-17-32(44-4)18-12-28)24-41(38(37)39(43)46-6)25-36(42)29-13-19-33(45-5)20-14-29/h11-24,27H,7-10,25-26H2,1-6H3/t27-,40+/m1/s1. The van der Waals surface area contributed by atoms with E-state index >= 15 is 0 Å². The molecular weight excluding hydrogens is 590 g/mol. The first-order chi connectivity index (χ1) is 22.8. The highest BCUT2D eigenvalue weighted by atomic mass is 16.5. The molecule has 0 amide bonds. The van der Waals surface area contributed by atoms with Crippen molar-refractivity contribution < 1.29 is 28.5 Å². The van der Waals surface area contributed by atoms with Gasteiger partial charge in [0.1, 0.15) is 22.9 Å². The molecule has 1 aromatic heterocycles. The number of benzene rings is 3. The van der Waals surface area contributed by atoms with Crippen LogP contribution < -0.4 is 14.2 Å². The molecule has 0 spiro atoms. The van der Waals surface area contributed by atoms with Crippen molar-refractivity contribution in [3.8, 4) is 39.5 Å². The molecule has 1 heterocycles. The van der Waals surface area contributed by atoms with Crippen LogP contribution in [0.2, 0.25) is 0 Å². The maximum atomic E-state index is 13.4. The molecular formula is C40H45NO6. The molecule has 0 N–H and O–H groups in total. The summed E-state index contributed by atoms with van der Waals surface area (Å²) < 4.78 is 23.9. The fourth-order valence-electron chi connectivity index (χ4n) is 6.47. The van der Waals surface area contributed by atoms with Gasteiger partial charge in [0.2, 0.25) is 0 Å². The summed E-state index contributed by atoms with van der Waals surface area (Å²) in [5.41, 5.74) is 5.72. The second kappa shape index (κ2) is 14.8. The number of unbranched alkanes of at least 4 members (excludes halogenated alkanes) is 1. The third kappa shape index (κ3) is 7.14. The van der Waals surface area contributed by atoms with E-state index in [1.165, 1.54) is 26.4 Å². The summed E-state index contributed by atoms with van der Waals surface area (Å²) in [7, 11) is 4.55. The van der Waals surface area contributed by atoms with Crippen LogP contribution in [0.3, 0.4) is 0 Å². The smallest absolute Gasteiger partial charge is 0.355 e. The van der Waals surface area contributed by atoms with Gasteiger partial charge in [0.05, 0.1) is 34.5 Å². The molecule has 2 atom stereocenters. The van der Waals surface area contributed by atoms with Gasteiger partial charge in [-0.15, -0.1) is 0 Å². The van der Waals surface area contributed by atoms with Gasteiger partial charge in [-0.3, -0.25) is 4.79 Å². The van der Waals surface area contributed by atoms with Crippen LogP contribution in [0.5, 0.6) is 17.2 Å². The van der Waals surface area contributed by atoms with Crippen molar-refractivity contribution in [3.05, 3.63) is 102 Å². The third-order valence-electron chi connectivity index (χ3n) is 9.44. The first-order valence-electron chi connectivity index (χ1n) is 16.4. The molecule has 1 aliphatic rings. The molecule has 246 valence electrons. The summed E-state index contributed by atoms with van der Waals surface area (Å²) in [6.07, 6.45) is 8.99. The highest BCUT2D eigenvalue weighted by molar-refractivity contribution is 6.03. The van der Waals surface area contributed by atoms with Gasteiger partial charge >= 0.3 is 5.97 Å². The predicted molar refractivity (Wildman–Crippen MR) is 186 cm³/mol. The number of methoxy groups -OCH3 is 3. The van der Waals surface area contributed by atoms with E-state index in [1.807, 2.05) is 54.7 Å². The van der Waals surface area contributed by atoms with Crippen molar-refractivity contribution in [2.45, 2.75) is 53.0 Å². The Labute approximate surface area is 278 Å². The predicted octanol–water partition coefficient (Wildman–Crippen LogP) is 9.05. The summed E-state index contributed by atoms with van der Waals surface area (Å²) in [5, 5.41) is 0. The molecule has 0 radical (unpaired) electrons. The van der Waals surface area contributed by atoms with E-state index in [4.69, 9.17) is 18.9 Å². The SMILES string of the molecule is CCCCC1=C[C@@]1(CC)[C@H](C)COc1ccc(-c2c(-c3ccc(OC)cc3)cn(CC(=O)c3ccc(OC)cc3)c2C(=O)OC)cc1. The monoisotopic (exact) mass is 635 g/mol. The Morgan fingerprint density at radius 2 is 1.40 bits per heavy atom. The van der Waals surface area contributed by atoms with Gasteiger partial charge in [0.15, 0.2) is 5.78 Å². The molecule has 3 aromatic carbocycles. The largest absolute Gasteiger partial charge is 0.497 e. The van der Waals surface area contributed by atoms with E-state index in [9.17, 15) is 9.59 Å². The summed E-state index contributed by atoms with van der Waals surface area (Å²) in [4.78, 5) is 26.9. The minimum Gasteiger partial charge on any atom is -0.497 e. The Hall–Kier alpha value is -4.78. The van der Waals surface area contributed by atoms with E-state index in [-0.39, 0.29) is 17.7 Å². The lowest BCUT2D eigenvalue weighted by Crippen LogP contribution is -2.22. The molecule has 0 fully saturated rings. The molecule has 0 unspecified atom stereocenters. The Bertz CT molecular complexity index is 1720. The maximum Gasteiger partial charge on any atom is 0.355 e. The highest BCUT2D eigenvalue weighted by Gasteiger charge is 2.46. The van der Waals surface area contributed by atoms with Gasteiger partial charge in [-0.25, -0.2) is 4.79 Å². The molecule has 1 aliphatic carbocycles. The number of carbonyl (C=O) groups excluding carboxylic acids is 2. The number of ether oxygens (including phenoxy) is 4. The van der Waals surface area contributed by atoms with Gasteiger partial charge in [0, 0.05) is 34.2 Å². The molecule has 0 saturated carbocycles. The number of hydrogen-bond donors (Lipinski definition) is 0. The van der Waals surface area contributed by atoms with Crippen LogP contribution in [0.15, 0.2) is 90.6 Å². The van der Waals surface area contributed by atoms with E-state index in [2.05, 4.69) is 26.8 Å². The lowest BCUT2D eigenvalue weighted by molar-refractivity contribution is 0.0589. The van der Waals surface area contributed by atoms with Gasteiger partial charge in [0.25, 0.3) is 0 Å². The van der Waals surface area contributed by atoms with Crippen molar-refractivity contribution in [1.29, 1.82) is 0 Å². The minimum atomic E-state index is -0.530. The van der Waals surface area contributed by atoms with Gasteiger partial charge in [-0.2, -0.15) is 0 Å². The second-order valence-corrected chi connectivity index (χ2v) is 12.2. The number of rotatable bonds is 16. The molecule has 47 heavy (non-hydrogen) atoms. The molecule has 5 rings (SSSR count). The van der Waals surface area contributed by atoms with Crippen molar-refractivity contribution in [2.75, 3.05) is 27.9 Å². The number of carbonyl (C=O) groups is 2. The number of esters is 1. The molecule has 4 aromatic rings. The number of nitrogens with zero attached hydrogens (tertiary/aromatic N) is 1. The van der Waals surface area contributed by atoms with Crippen LogP contribution >= 0.6 is 0 Å². The van der Waals surface area contributed by atoms with Crippen LogP contribution in [-0.4, -0.2) is 44.3 Å². The summed E-state index contributed by atoms with van der Waals surface area (Å²) in [5.74, 6) is 1.85. The number of ketones is 1. The van der Waals surface area contributed by atoms with E-state index in [0.29, 0.717) is 35.1 Å². The first kappa shape index (κ1) is 33.6. The zero-order chi connectivity index (χ0) is 33.6. The van der Waals surface area contributed by atoms with Gasteiger partial charge in [-0.1, -0.05) is 63.1 Å². The highest BCUT2D eigenvalue weighted by Crippen LogP contribution is 2.55. The quantitative estimate of drug-likeness (QED) is 0.0695. The summed E-state index contributed by atoms with van der Waals surface area (Å²) >= 11 is 0. The average Bonchev–Trinajstić information content (AvgIpc) is 3.73. The zero-order valence-corrected chi connectivity index (χ0v) is 28.3. The molecule has 0 aliphatic heterocycles.